The van der Waals surface area contributed by atoms with E-state index in [1.807, 2.05) is 0 Å². The zero-order valence-corrected chi connectivity index (χ0v) is 7.48. The number of ether oxygens (including phenoxy) is 1. The Morgan fingerprint density at radius 1 is 1.30 bits per heavy atom. The van der Waals surface area contributed by atoms with Crippen molar-refractivity contribution in [3.8, 4) is 0 Å². The normalized spacial score (nSPS) is 32.4. The zero-order chi connectivity index (χ0) is 7.78. The molecule has 2 atom stereocenters. The highest BCUT2D eigenvalue weighted by atomic mass is 16.6. The second kappa shape index (κ2) is 2.54. The molecule has 1 aliphatic heterocycles. The van der Waals surface area contributed by atoms with E-state index in [2.05, 4.69) is 27.7 Å². The molecule has 0 aromatic heterocycles. The van der Waals surface area contributed by atoms with Gasteiger partial charge in [-0.05, 0) is 18.3 Å². The predicted molar refractivity (Wildman–Crippen MR) is 43.0 cm³/mol. The van der Waals surface area contributed by atoms with E-state index in [-0.39, 0.29) is 0 Å². The van der Waals surface area contributed by atoms with Crippen LogP contribution in [0.15, 0.2) is 0 Å². The van der Waals surface area contributed by atoms with E-state index in [1.54, 1.807) is 0 Å². The van der Waals surface area contributed by atoms with Crippen molar-refractivity contribution in [1.29, 1.82) is 0 Å². The third kappa shape index (κ3) is 1.34. The largest absolute Gasteiger partial charge is 0.369 e. The molecule has 0 bridgehead atoms. The molecule has 1 heteroatoms. The average molecular weight is 142 g/mol. The fourth-order valence-corrected chi connectivity index (χ4v) is 1.34. The summed E-state index contributed by atoms with van der Waals surface area (Å²) in [6, 6.07) is 0. The third-order valence-corrected chi connectivity index (χ3v) is 2.67. The van der Waals surface area contributed by atoms with Gasteiger partial charge in [0.05, 0.1) is 12.2 Å². The van der Waals surface area contributed by atoms with Crippen LogP contribution in [0.2, 0.25) is 0 Å². The van der Waals surface area contributed by atoms with Crippen LogP contribution in [0.3, 0.4) is 0 Å². The Morgan fingerprint density at radius 2 is 1.90 bits per heavy atom. The SMILES string of the molecule is CCC1OC1C(C)(C)CC. The molecule has 1 rings (SSSR count). The maximum absolute atomic E-state index is 5.52. The summed E-state index contributed by atoms with van der Waals surface area (Å²) in [5.74, 6) is 0. The van der Waals surface area contributed by atoms with E-state index >= 15 is 0 Å². The minimum Gasteiger partial charge on any atom is -0.369 e. The first kappa shape index (κ1) is 8.06. The van der Waals surface area contributed by atoms with Gasteiger partial charge in [0.2, 0.25) is 0 Å². The maximum Gasteiger partial charge on any atom is 0.0892 e. The van der Waals surface area contributed by atoms with Crippen molar-refractivity contribution in [3.63, 3.8) is 0 Å². The molecule has 0 spiro atoms. The van der Waals surface area contributed by atoms with Crippen LogP contribution in [0.5, 0.6) is 0 Å². The van der Waals surface area contributed by atoms with E-state index in [0.29, 0.717) is 17.6 Å². The summed E-state index contributed by atoms with van der Waals surface area (Å²) in [4.78, 5) is 0. The van der Waals surface area contributed by atoms with Crippen LogP contribution >= 0.6 is 0 Å². The molecule has 1 aliphatic rings. The Balaban J connectivity index is 2.37. The van der Waals surface area contributed by atoms with E-state index < -0.39 is 0 Å². The molecule has 1 fully saturated rings. The molecular formula is C9H18O. The van der Waals surface area contributed by atoms with Crippen LogP contribution in [-0.4, -0.2) is 12.2 Å². The summed E-state index contributed by atoms with van der Waals surface area (Å²) >= 11 is 0. The first-order valence-electron chi connectivity index (χ1n) is 4.27. The molecule has 10 heavy (non-hydrogen) atoms. The number of hydrogen-bond acceptors (Lipinski definition) is 1. The summed E-state index contributed by atoms with van der Waals surface area (Å²) in [7, 11) is 0. The minimum atomic E-state index is 0.403. The highest BCUT2D eigenvalue weighted by Gasteiger charge is 2.47. The van der Waals surface area contributed by atoms with Crippen molar-refractivity contribution >= 4 is 0 Å². The molecular weight excluding hydrogens is 124 g/mol. The van der Waals surface area contributed by atoms with Gasteiger partial charge in [0.25, 0.3) is 0 Å². The van der Waals surface area contributed by atoms with Gasteiger partial charge in [-0.1, -0.05) is 27.7 Å². The molecule has 0 aliphatic carbocycles. The third-order valence-electron chi connectivity index (χ3n) is 2.67. The zero-order valence-electron chi connectivity index (χ0n) is 7.48. The second-order valence-corrected chi connectivity index (χ2v) is 3.85. The lowest BCUT2D eigenvalue weighted by Gasteiger charge is -2.19. The fourth-order valence-electron chi connectivity index (χ4n) is 1.34. The van der Waals surface area contributed by atoms with E-state index in [4.69, 9.17) is 4.74 Å². The maximum atomic E-state index is 5.52. The number of epoxide rings is 1. The van der Waals surface area contributed by atoms with Gasteiger partial charge < -0.3 is 4.74 Å². The fraction of sp³-hybridized carbons (Fsp3) is 1.00. The van der Waals surface area contributed by atoms with Gasteiger partial charge in [-0.25, -0.2) is 0 Å². The van der Waals surface area contributed by atoms with Crippen molar-refractivity contribution < 1.29 is 4.74 Å². The van der Waals surface area contributed by atoms with Crippen molar-refractivity contribution in [3.05, 3.63) is 0 Å². The van der Waals surface area contributed by atoms with E-state index in [9.17, 15) is 0 Å². The van der Waals surface area contributed by atoms with Gasteiger partial charge in [-0.15, -0.1) is 0 Å². The van der Waals surface area contributed by atoms with Crippen LogP contribution in [0, 0.1) is 5.41 Å². The van der Waals surface area contributed by atoms with Crippen LogP contribution < -0.4 is 0 Å². The first-order valence-corrected chi connectivity index (χ1v) is 4.27. The first-order chi connectivity index (χ1) is 4.61. The van der Waals surface area contributed by atoms with E-state index in [0.717, 1.165) is 0 Å². The smallest absolute Gasteiger partial charge is 0.0892 e. The van der Waals surface area contributed by atoms with Gasteiger partial charge >= 0.3 is 0 Å². The molecule has 60 valence electrons. The number of hydrogen-bond donors (Lipinski definition) is 0. The summed E-state index contributed by atoms with van der Waals surface area (Å²) in [5.41, 5.74) is 0.403. The quantitative estimate of drug-likeness (QED) is 0.552. The molecule has 0 saturated carbocycles. The Kier molecular flexibility index (Phi) is 2.04. The highest BCUT2D eigenvalue weighted by Crippen LogP contribution is 2.41. The van der Waals surface area contributed by atoms with Crippen molar-refractivity contribution in [2.75, 3.05) is 0 Å². The van der Waals surface area contributed by atoms with Crippen molar-refractivity contribution in [2.24, 2.45) is 5.41 Å². The summed E-state index contributed by atoms with van der Waals surface area (Å²) in [6.45, 7) is 8.99. The van der Waals surface area contributed by atoms with Gasteiger partial charge in [-0.2, -0.15) is 0 Å². The van der Waals surface area contributed by atoms with Crippen LogP contribution in [-0.2, 0) is 4.74 Å². The lowest BCUT2D eigenvalue weighted by Crippen LogP contribution is -2.19. The monoisotopic (exact) mass is 142 g/mol. The van der Waals surface area contributed by atoms with Gasteiger partial charge in [0.1, 0.15) is 0 Å². The van der Waals surface area contributed by atoms with Crippen LogP contribution in [0.1, 0.15) is 40.5 Å². The van der Waals surface area contributed by atoms with Crippen LogP contribution in [0.4, 0.5) is 0 Å². The van der Waals surface area contributed by atoms with Crippen molar-refractivity contribution in [2.45, 2.75) is 52.7 Å². The Morgan fingerprint density at radius 3 is 2.20 bits per heavy atom. The molecule has 1 nitrogen and oxygen atoms in total. The molecule has 1 heterocycles. The lowest BCUT2D eigenvalue weighted by molar-refractivity contribution is 0.232. The van der Waals surface area contributed by atoms with Gasteiger partial charge in [-0.3, -0.25) is 0 Å². The molecule has 0 aromatic carbocycles. The minimum absolute atomic E-state index is 0.403. The molecule has 0 N–H and O–H groups in total. The van der Waals surface area contributed by atoms with Crippen molar-refractivity contribution in [1.82, 2.24) is 0 Å². The summed E-state index contributed by atoms with van der Waals surface area (Å²) < 4.78 is 5.52. The standard InChI is InChI=1S/C9H18O/c1-5-7-8(10-7)9(3,4)6-2/h7-8H,5-6H2,1-4H3. The highest BCUT2D eigenvalue weighted by molar-refractivity contribution is 4.94. The predicted octanol–water partition coefficient (Wildman–Crippen LogP) is 2.60. The molecule has 2 unspecified atom stereocenters. The molecule has 0 amide bonds. The summed E-state index contributed by atoms with van der Waals surface area (Å²) in [6.07, 6.45) is 3.50. The molecule has 1 saturated heterocycles. The van der Waals surface area contributed by atoms with E-state index in [1.165, 1.54) is 12.8 Å². The molecule has 0 radical (unpaired) electrons. The Hall–Kier alpha value is -0.0400. The number of rotatable bonds is 3. The Labute approximate surface area is 63.8 Å². The van der Waals surface area contributed by atoms with Gasteiger partial charge in [0, 0.05) is 0 Å². The topological polar surface area (TPSA) is 12.5 Å². The van der Waals surface area contributed by atoms with Crippen LogP contribution in [0.25, 0.3) is 0 Å². The molecule has 0 aromatic rings. The van der Waals surface area contributed by atoms with Gasteiger partial charge in [0.15, 0.2) is 0 Å². The summed E-state index contributed by atoms with van der Waals surface area (Å²) in [5, 5.41) is 0. The Bertz CT molecular complexity index is 118. The lowest BCUT2D eigenvalue weighted by atomic mass is 9.84. The average Bonchev–Trinajstić information content (AvgIpc) is 2.66. The second-order valence-electron chi connectivity index (χ2n) is 3.85.